The fourth-order valence-corrected chi connectivity index (χ4v) is 5.12. The van der Waals surface area contributed by atoms with E-state index >= 15 is 0 Å². The summed E-state index contributed by atoms with van der Waals surface area (Å²) in [6.45, 7) is 3.89. The summed E-state index contributed by atoms with van der Waals surface area (Å²) in [4.78, 5) is 31.7. The molecule has 0 spiro atoms. The number of benzene rings is 2. The number of morpholine rings is 1. The summed E-state index contributed by atoms with van der Waals surface area (Å²) in [7, 11) is 1.41. The van der Waals surface area contributed by atoms with Gasteiger partial charge in [-0.05, 0) is 36.6 Å². The van der Waals surface area contributed by atoms with Crippen molar-refractivity contribution < 1.29 is 19.1 Å². The number of amides is 1. The molecule has 0 bridgehead atoms. The number of anilines is 1. The Labute approximate surface area is 192 Å². The normalized spacial score (nSPS) is 19.9. The number of nitrogens with one attached hydrogen (secondary N) is 1. The SMILES string of the molecule is COC(=O)c1c(CN2CC(CC3COCC(=O)N3)c3ccccc32)nc2ccccc2c1C. The van der Waals surface area contributed by atoms with Gasteiger partial charge in [0, 0.05) is 23.5 Å². The lowest BCUT2D eigenvalue weighted by Gasteiger charge is -2.26. The maximum Gasteiger partial charge on any atom is 0.340 e. The van der Waals surface area contributed by atoms with E-state index in [9.17, 15) is 9.59 Å². The molecule has 7 nitrogen and oxygen atoms in total. The Kier molecular flexibility index (Phi) is 5.72. The van der Waals surface area contributed by atoms with Crippen molar-refractivity contribution in [3.05, 3.63) is 70.9 Å². The van der Waals surface area contributed by atoms with Crippen LogP contribution < -0.4 is 10.2 Å². The van der Waals surface area contributed by atoms with Gasteiger partial charge in [-0.3, -0.25) is 9.78 Å². The molecule has 3 aromatic rings. The number of rotatable bonds is 5. The zero-order valence-corrected chi connectivity index (χ0v) is 18.8. The minimum Gasteiger partial charge on any atom is -0.465 e. The number of carbonyl (C=O) groups excluding carboxylic acids is 2. The minimum absolute atomic E-state index is 0.00377. The molecular formula is C26H27N3O4. The van der Waals surface area contributed by atoms with Crippen LogP contribution in [0.4, 0.5) is 5.69 Å². The first-order valence-electron chi connectivity index (χ1n) is 11.2. The van der Waals surface area contributed by atoms with Gasteiger partial charge in [-0.15, -0.1) is 0 Å². The molecule has 2 aliphatic rings. The fraction of sp³-hybridized carbons (Fsp3) is 0.346. The van der Waals surface area contributed by atoms with E-state index in [1.807, 2.05) is 43.3 Å². The van der Waals surface area contributed by atoms with Gasteiger partial charge in [0.15, 0.2) is 0 Å². The van der Waals surface area contributed by atoms with Crippen LogP contribution in [0.3, 0.4) is 0 Å². The van der Waals surface area contributed by atoms with Gasteiger partial charge in [-0.2, -0.15) is 0 Å². The highest BCUT2D eigenvalue weighted by Gasteiger charge is 2.33. The van der Waals surface area contributed by atoms with Gasteiger partial charge >= 0.3 is 5.97 Å². The first kappa shape index (κ1) is 21.4. The highest BCUT2D eigenvalue weighted by atomic mass is 16.5. The third-order valence-electron chi connectivity index (χ3n) is 6.60. The maximum absolute atomic E-state index is 12.7. The van der Waals surface area contributed by atoms with Crippen LogP contribution in [-0.4, -0.2) is 49.8 Å². The topological polar surface area (TPSA) is 80.8 Å². The molecule has 3 heterocycles. The number of pyridine rings is 1. The van der Waals surface area contributed by atoms with E-state index in [1.165, 1.54) is 12.7 Å². The van der Waals surface area contributed by atoms with E-state index < -0.39 is 0 Å². The molecule has 2 atom stereocenters. The molecular weight excluding hydrogens is 418 g/mol. The first-order chi connectivity index (χ1) is 16.0. The van der Waals surface area contributed by atoms with Crippen LogP contribution >= 0.6 is 0 Å². The Morgan fingerprint density at radius 3 is 2.82 bits per heavy atom. The Balaban J connectivity index is 1.48. The van der Waals surface area contributed by atoms with Crippen molar-refractivity contribution in [2.24, 2.45) is 0 Å². The lowest BCUT2D eigenvalue weighted by Crippen LogP contribution is -2.46. The molecule has 2 unspecified atom stereocenters. The molecule has 2 aliphatic heterocycles. The van der Waals surface area contributed by atoms with Crippen LogP contribution in [0.1, 0.15) is 39.5 Å². The molecule has 0 aliphatic carbocycles. The van der Waals surface area contributed by atoms with E-state index in [0.29, 0.717) is 24.4 Å². The third kappa shape index (κ3) is 4.04. The van der Waals surface area contributed by atoms with Crippen molar-refractivity contribution in [1.82, 2.24) is 10.3 Å². The monoisotopic (exact) mass is 445 g/mol. The van der Waals surface area contributed by atoms with Crippen molar-refractivity contribution in [1.29, 1.82) is 0 Å². The zero-order chi connectivity index (χ0) is 22.9. The third-order valence-corrected chi connectivity index (χ3v) is 6.60. The highest BCUT2D eigenvalue weighted by molar-refractivity contribution is 5.98. The van der Waals surface area contributed by atoms with Crippen molar-refractivity contribution >= 4 is 28.5 Å². The Morgan fingerprint density at radius 2 is 2.00 bits per heavy atom. The van der Waals surface area contributed by atoms with Crippen LogP contribution in [0, 0.1) is 6.92 Å². The fourth-order valence-electron chi connectivity index (χ4n) is 5.12. The van der Waals surface area contributed by atoms with Gasteiger partial charge in [0.25, 0.3) is 0 Å². The van der Waals surface area contributed by atoms with Crippen LogP contribution in [0.15, 0.2) is 48.5 Å². The molecule has 0 radical (unpaired) electrons. The summed E-state index contributed by atoms with van der Waals surface area (Å²) in [5.41, 5.74) is 5.37. The second-order valence-corrected chi connectivity index (χ2v) is 8.72. The molecule has 0 saturated carbocycles. The summed E-state index contributed by atoms with van der Waals surface area (Å²) >= 11 is 0. The second-order valence-electron chi connectivity index (χ2n) is 8.72. The number of aryl methyl sites for hydroxylation is 1. The van der Waals surface area contributed by atoms with Crippen LogP contribution in [0.2, 0.25) is 0 Å². The molecule has 1 N–H and O–H groups in total. The Bertz CT molecular complexity index is 1230. The van der Waals surface area contributed by atoms with Crippen molar-refractivity contribution in [2.75, 3.05) is 31.8 Å². The van der Waals surface area contributed by atoms with E-state index in [4.69, 9.17) is 14.5 Å². The van der Waals surface area contributed by atoms with Gasteiger partial charge in [-0.1, -0.05) is 36.4 Å². The van der Waals surface area contributed by atoms with E-state index in [0.717, 1.165) is 35.1 Å². The molecule has 5 rings (SSSR count). The lowest BCUT2D eigenvalue weighted by molar-refractivity contribution is -0.131. The Morgan fingerprint density at radius 1 is 1.21 bits per heavy atom. The number of esters is 1. The summed E-state index contributed by atoms with van der Waals surface area (Å²) in [6, 6.07) is 16.2. The van der Waals surface area contributed by atoms with Gasteiger partial charge in [0.05, 0.1) is 43.1 Å². The summed E-state index contributed by atoms with van der Waals surface area (Å²) in [5, 5.41) is 3.99. The van der Waals surface area contributed by atoms with Gasteiger partial charge < -0.3 is 19.7 Å². The number of nitrogens with zero attached hydrogens (tertiary/aromatic N) is 2. The van der Waals surface area contributed by atoms with E-state index in [1.54, 1.807) is 0 Å². The number of hydrogen-bond acceptors (Lipinski definition) is 6. The molecule has 1 fully saturated rings. The van der Waals surface area contributed by atoms with Gasteiger partial charge in [-0.25, -0.2) is 4.79 Å². The average Bonchev–Trinajstić information content (AvgIpc) is 3.16. The molecule has 7 heteroatoms. The van der Waals surface area contributed by atoms with Crippen LogP contribution in [0.25, 0.3) is 10.9 Å². The summed E-state index contributed by atoms with van der Waals surface area (Å²) in [5.74, 6) is -0.184. The minimum atomic E-state index is -0.369. The standard InChI is InChI=1S/C26H27N3O4/c1-16-19-7-3-5-9-21(19)28-22(25(16)26(31)32-2)13-29-12-17(20-8-4-6-10-23(20)29)11-18-14-33-15-24(30)27-18/h3-10,17-18H,11-15H2,1-2H3,(H,27,30). The summed E-state index contributed by atoms with van der Waals surface area (Å²) in [6.07, 6.45) is 0.799. The largest absolute Gasteiger partial charge is 0.465 e. The molecule has 170 valence electrons. The smallest absolute Gasteiger partial charge is 0.340 e. The van der Waals surface area contributed by atoms with Crippen molar-refractivity contribution in [3.8, 4) is 0 Å². The number of aromatic nitrogens is 1. The molecule has 1 saturated heterocycles. The molecule has 1 amide bonds. The van der Waals surface area contributed by atoms with Crippen molar-refractivity contribution in [3.63, 3.8) is 0 Å². The number of carbonyl (C=O) groups is 2. The quantitative estimate of drug-likeness (QED) is 0.607. The van der Waals surface area contributed by atoms with Crippen LogP contribution in [0.5, 0.6) is 0 Å². The first-order valence-corrected chi connectivity index (χ1v) is 11.2. The number of methoxy groups -OCH3 is 1. The average molecular weight is 446 g/mol. The van der Waals surface area contributed by atoms with Gasteiger partial charge in [0.2, 0.25) is 5.91 Å². The predicted molar refractivity (Wildman–Crippen MR) is 125 cm³/mol. The summed E-state index contributed by atoms with van der Waals surface area (Å²) < 4.78 is 10.6. The second kappa shape index (κ2) is 8.83. The maximum atomic E-state index is 12.7. The Hall–Kier alpha value is -3.45. The number of hydrogen-bond donors (Lipinski definition) is 1. The number of fused-ring (bicyclic) bond motifs is 2. The number of ether oxygens (including phenoxy) is 2. The zero-order valence-electron chi connectivity index (χ0n) is 18.8. The lowest BCUT2D eigenvalue weighted by atomic mass is 9.94. The molecule has 1 aromatic heterocycles. The van der Waals surface area contributed by atoms with Crippen molar-refractivity contribution in [2.45, 2.75) is 31.8 Å². The molecule has 33 heavy (non-hydrogen) atoms. The van der Waals surface area contributed by atoms with Gasteiger partial charge in [0.1, 0.15) is 6.61 Å². The predicted octanol–water partition coefficient (Wildman–Crippen LogP) is 3.34. The van der Waals surface area contributed by atoms with E-state index in [2.05, 4.69) is 22.3 Å². The van der Waals surface area contributed by atoms with Crippen LogP contribution in [-0.2, 0) is 20.8 Å². The highest BCUT2D eigenvalue weighted by Crippen LogP contribution is 2.40. The molecule has 2 aromatic carbocycles. The van der Waals surface area contributed by atoms with E-state index in [-0.39, 0.29) is 30.4 Å². The number of para-hydroxylation sites is 2.